The summed E-state index contributed by atoms with van der Waals surface area (Å²) in [5.41, 5.74) is 1.95. The average molecular weight is 272 g/mol. The van der Waals surface area contributed by atoms with Crippen LogP contribution in [0, 0.1) is 5.82 Å². The molecule has 0 aliphatic rings. The molecule has 20 heavy (non-hydrogen) atoms. The molecular formula is C17H21FN2. The number of aromatic nitrogens is 1. The van der Waals surface area contributed by atoms with Gasteiger partial charge in [-0.05, 0) is 23.6 Å². The Hall–Kier alpha value is -1.74. The molecule has 1 heterocycles. The molecule has 2 rings (SSSR count). The first-order valence-corrected chi connectivity index (χ1v) is 7.03. The Kier molecular flexibility index (Phi) is 5.24. The Morgan fingerprint density at radius 3 is 2.55 bits per heavy atom. The highest BCUT2D eigenvalue weighted by Gasteiger charge is 2.14. The SMILES string of the molecule is CC(C)NCC(Cc1ccncc1F)c1ccccc1. The normalized spacial score (nSPS) is 12.6. The highest BCUT2D eigenvalue weighted by atomic mass is 19.1. The minimum Gasteiger partial charge on any atom is -0.314 e. The van der Waals surface area contributed by atoms with Crippen molar-refractivity contribution in [1.82, 2.24) is 10.3 Å². The van der Waals surface area contributed by atoms with Crippen LogP contribution in [0.25, 0.3) is 0 Å². The molecule has 2 nitrogen and oxygen atoms in total. The Bertz CT molecular complexity index is 526. The predicted octanol–water partition coefficient (Wildman–Crippen LogP) is 3.55. The van der Waals surface area contributed by atoms with E-state index in [0.717, 1.165) is 12.1 Å². The Balaban J connectivity index is 2.16. The van der Waals surface area contributed by atoms with Gasteiger partial charge in [0, 0.05) is 24.7 Å². The highest BCUT2D eigenvalue weighted by molar-refractivity contribution is 5.24. The van der Waals surface area contributed by atoms with Gasteiger partial charge in [0.25, 0.3) is 0 Å². The van der Waals surface area contributed by atoms with Crippen molar-refractivity contribution in [3.63, 3.8) is 0 Å². The van der Waals surface area contributed by atoms with Gasteiger partial charge < -0.3 is 5.32 Å². The molecule has 2 aromatic rings. The second kappa shape index (κ2) is 7.15. The van der Waals surface area contributed by atoms with Crippen LogP contribution in [0.2, 0.25) is 0 Å². The van der Waals surface area contributed by atoms with Gasteiger partial charge in [-0.3, -0.25) is 4.98 Å². The first kappa shape index (κ1) is 14.7. The quantitative estimate of drug-likeness (QED) is 0.870. The summed E-state index contributed by atoms with van der Waals surface area (Å²) in [7, 11) is 0. The molecule has 0 spiro atoms. The largest absolute Gasteiger partial charge is 0.314 e. The third-order valence-electron chi connectivity index (χ3n) is 3.37. The fourth-order valence-electron chi connectivity index (χ4n) is 2.25. The number of rotatable bonds is 6. The lowest BCUT2D eigenvalue weighted by Crippen LogP contribution is -2.29. The van der Waals surface area contributed by atoms with Crippen molar-refractivity contribution >= 4 is 0 Å². The van der Waals surface area contributed by atoms with E-state index in [9.17, 15) is 4.39 Å². The lowest BCUT2D eigenvalue weighted by Gasteiger charge is -2.20. The first-order valence-electron chi connectivity index (χ1n) is 7.03. The maximum absolute atomic E-state index is 13.8. The molecule has 0 saturated carbocycles. The lowest BCUT2D eigenvalue weighted by molar-refractivity contribution is 0.516. The fraction of sp³-hybridized carbons (Fsp3) is 0.353. The number of benzene rings is 1. The summed E-state index contributed by atoms with van der Waals surface area (Å²) in [5, 5.41) is 3.45. The van der Waals surface area contributed by atoms with Gasteiger partial charge in [0.15, 0.2) is 0 Å². The van der Waals surface area contributed by atoms with E-state index in [2.05, 4.69) is 36.3 Å². The van der Waals surface area contributed by atoms with Crippen LogP contribution in [0.3, 0.4) is 0 Å². The molecule has 0 aliphatic carbocycles. The van der Waals surface area contributed by atoms with Crippen LogP contribution in [0.1, 0.15) is 30.9 Å². The smallest absolute Gasteiger partial charge is 0.144 e. The predicted molar refractivity (Wildman–Crippen MR) is 80.2 cm³/mol. The Morgan fingerprint density at radius 1 is 1.15 bits per heavy atom. The van der Waals surface area contributed by atoms with E-state index in [0.29, 0.717) is 12.5 Å². The second-order valence-corrected chi connectivity index (χ2v) is 5.34. The standard InChI is InChI=1S/C17H21FN2/c1-13(2)20-11-16(14-6-4-3-5-7-14)10-15-8-9-19-12-17(15)18/h3-9,12-13,16,20H,10-11H2,1-2H3. The van der Waals surface area contributed by atoms with E-state index in [-0.39, 0.29) is 11.7 Å². The molecule has 1 aromatic carbocycles. The van der Waals surface area contributed by atoms with Gasteiger partial charge in [0.2, 0.25) is 0 Å². The fourth-order valence-corrected chi connectivity index (χ4v) is 2.25. The molecule has 106 valence electrons. The summed E-state index contributed by atoms with van der Waals surface area (Å²) in [6.45, 7) is 5.08. The van der Waals surface area contributed by atoms with E-state index in [1.54, 1.807) is 12.3 Å². The van der Waals surface area contributed by atoms with Crippen LogP contribution in [0.4, 0.5) is 4.39 Å². The van der Waals surface area contributed by atoms with E-state index < -0.39 is 0 Å². The number of pyridine rings is 1. The maximum atomic E-state index is 13.8. The van der Waals surface area contributed by atoms with Crippen molar-refractivity contribution < 1.29 is 4.39 Å². The number of halogens is 1. The van der Waals surface area contributed by atoms with E-state index in [4.69, 9.17) is 0 Å². The van der Waals surface area contributed by atoms with Gasteiger partial charge in [-0.15, -0.1) is 0 Å². The number of nitrogens with one attached hydrogen (secondary N) is 1. The Labute approximate surface area is 120 Å². The van der Waals surface area contributed by atoms with Crippen molar-refractivity contribution in [1.29, 1.82) is 0 Å². The van der Waals surface area contributed by atoms with Crippen molar-refractivity contribution in [2.45, 2.75) is 32.2 Å². The van der Waals surface area contributed by atoms with E-state index in [1.165, 1.54) is 11.8 Å². The molecule has 1 N–H and O–H groups in total. The van der Waals surface area contributed by atoms with E-state index >= 15 is 0 Å². The summed E-state index contributed by atoms with van der Waals surface area (Å²) in [5.74, 6) is 0.0356. The number of hydrogen-bond donors (Lipinski definition) is 1. The van der Waals surface area contributed by atoms with Gasteiger partial charge in [0.05, 0.1) is 6.20 Å². The monoisotopic (exact) mass is 272 g/mol. The number of nitrogens with zero attached hydrogens (tertiary/aromatic N) is 1. The molecule has 0 radical (unpaired) electrons. The third kappa shape index (κ3) is 4.14. The van der Waals surface area contributed by atoms with Crippen LogP contribution >= 0.6 is 0 Å². The zero-order valence-electron chi connectivity index (χ0n) is 12.0. The molecule has 1 atom stereocenters. The van der Waals surface area contributed by atoms with Crippen molar-refractivity contribution in [3.8, 4) is 0 Å². The summed E-state index contributed by atoms with van der Waals surface area (Å²) < 4.78 is 13.8. The minimum absolute atomic E-state index is 0.224. The van der Waals surface area contributed by atoms with Crippen LogP contribution in [0.5, 0.6) is 0 Å². The van der Waals surface area contributed by atoms with Crippen LogP contribution in [-0.4, -0.2) is 17.6 Å². The topological polar surface area (TPSA) is 24.9 Å². The molecule has 0 fully saturated rings. The van der Waals surface area contributed by atoms with Gasteiger partial charge in [-0.2, -0.15) is 0 Å². The van der Waals surface area contributed by atoms with Crippen molar-refractivity contribution in [2.75, 3.05) is 6.54 Å². The maximum Gasteiger partial charge on any atom is 0.144 e. The third-order valence-corrected chi connectivity index (χ3v) is 3.37. The van der Waals surface area contributed by atoms with Crippen LogP contribution in [-0.2, 0) is 6.42 Å². The number of hydrogen-bond acceptors (Lipinski definition) is 2. The van der Waals surface area contributed by atoms with Gasteiger partial charge in [-0.25, -0.2) is 4.39 Å². The van der Waals surface area contributed by atoms with Gasteiger partial charge in [-0.1, -0.05) is 44.2 Å². The molecule has 0 aliphatic heterocycles. The van der Waals surface area contributed by atoms with Gasteiger partial charge >= 0.3 is 0 Å². The second-order valence-electron chi connectivity index (χ2n) is 5.34. The molecular weight excluding hydrogens is 251 g/mol. The highest BCUT2D eigenvalue weighted by Crippen LogP contribution is 2.21. The van der Waals surface area contributed by atoms with Crippen molar-refractivity contribution in [2.24, 2.45) is 0 Å². The van der Waals surface area contributed by atoms with Gasteiger partial charge in [0.1, 0.15) is 5.82 Å². The molecule has 1 aromatic heterocycles. The summed E-state index contributed by atoms with van der Waals surface area (Å²) in [6, 6.07) is 12.5. The lowest BCUT2D eigenvalue weighted by atomic mass is 9.92. The average Bonchev–Trinajstić information content (AvgIpc) is 2.46. The summed E-state index contributed by atoms with van der Waals surface area (Å²) in [4.78, 5) is 3.81. The molecule has 3 heteroatoms. The Morgan fingerprint density at radius 2 is 1.90 bits per heavy atom. The van der Waals surface area contributed by atoms with Crippen molar-refractivity contribution in [3.05, 3.63) is 65.7 Å². The molecule has 0 bridgehead atoms. The molecule has 1 unspecified atom stereocenters. The van der Waals surface area contributed by atoms with Crippen LogP contribution < -0.4 is 5.32 Å². The summed E-state index contributed by atoms with van der Waals surface area (Å²) >= 11 is 0. The minimum atomic E-state index is -0.224. The zero-order valence-corrected chi connectivity index (χ0v) is 12.0. The summed E-state index contributed by atoms with van der Waals surface area (Å²) in [6.07, 6.45) is 3.61. The zero-order chi connectivity index (χ0) is 14.4. The van der Waals surface area contributed by atoms with E-state index in [1.807, 2.05) is 18.2 Å². The molecule has 0 amide bonds. The first-order chi connectivity index (χ1) is 9.66. The molecule has 0 saturated heterocycles. The van der Waals surface area contributed by atoms with Crippen LogP contribution in [0.15, 0.2) is 48.8 Å².